The number of carbonyl (C=O) groups excluding carboxylic acids is 1. The predicted molar refractivity (Wildman–Crippen MR) is 118 cm³/mol. The van der Waals surface area contributed by atoms with E-state index in [1.165, 1.54) is 22.5 Å². The Bertz CT molecular complexity index is 1280. The average Bonchev–Trinajstić information content (AvgIpc) is 3.16. The Balaban J connectivity index is 2.06. The molecule has 31 heavy (non-hydrogen) atoms. The number of fused-ring (bicyclic) bond motifs is 1. The number of rotatable bonds is 6. The summed E-state index contributed by atoms with van der Waals surface area (Å²) in [6.07, 6.45) is 0. The average molecular weight is 447 g/mol. The van der Waals surface area contributed by atoms with Gasteiger partial charge in [0.2, 0.25) is 15.6 Å². The summed E-state index contributed by atoms with van der Waals surface area (Å²) in [5.41, 5.74) is -0.379. The fraction of sp³-hybridized carbons (Fsp3) is 0.381. The third-order valence-corrected chi connectivity index (χ3v) is 6.94. The molecule has 1 amide bonds. The molecule has 2 heterocycles. The smallest absolute Gasteiger partial charge is 0.257 e. The van der Waals surface area contributed by atoms with Gasteiger partial charge in [0.25, 0.3) is 5.91 Å². The maximum atomic E-state index is 12.9. The predicted octanol–water partition coefficient (Wildman–Crippen LogP) is 3.10. The quantitative estimate of drug-likeness (QED) is 0.599. The van der Waals surface area contributed by atoms with E-state index in [1.807, 2.05) is 20.8 Å². The van der Waals surface area contributed by atoms with Crippen molar-refractivity contribution in [3.63, 3.8) is 0 Å². The zero-order chi connectivity index (χ0) is 23.0. The SMILES string of the molecule is CCN(CC)S(=O)(=O)c1ccc2[nH]c(=O)cc(C(=O)Nc3cc(C(C)(C)C)on3)c2c1. The van der Waals surface area contributed by atoms with Crippen molar-refractivity contribution in [2.24, 2.45) is 0 Å². The molecule has 0 aliphatic carbocycles. The van der Waals surface area contributed by atoms with Crippen LogP contribution in [0.1, 0.15) is 50.7 Å². The molecule has 10 heteroatoms. The summed E-state index contributed by atoms with van der Waals surface area (Å²) < 4.78 is 32.4. The van der Waals surface area contributed by atoms with Crippen LogP contribution in [0.2, 0.25) is 0 Å². The topological polar surface area (TPSA) is 125 Å². The van der Waals surface area contributed by atoms with Crippen molar-refractivity contribution >= 4 is 32.7 Å². The number of aromatic amines is 1. The first kappa shape index (κ1) is 22.7. The van der Waals surface area contributed by atoms with Crippen molar-refractivity contribution < 1.29 is 17.7 Å². The van der Waals surface area contributed by atoms with Crippen molar-refractivity contribution in [1.29, 1.82) is 0 Å². The number of nitrogens with zero attached hydrogens (tertiary/aromatic N) is 2. The molecule has 0 bridgehead atoms. The van der Waals surface area contributed by atoms with E-state index in [-0.39, 0.29) is 21.7 Å². The molecule has 0 atom stereocenters. The first-order valence-corrected chi connectivity index (χ1v) is 11.4. The number of sulfonamides is 1. The molecule has 166 valence electrons. The molecule has 0 saturated carbocycles. The Kier molecular flexibility index (Phi) is 6.06. The first-order chi connectivity index (χ1) is 14.5. The number of aromatic nitrogens is 2. The summed E-state index contributed by atoms with van der Waals surface area (Å²) in [5.74, 6) is 0.198. The van der Waals surface area contributed by atoms with Gasteiger partial charge in [-0.3, -0.25) is 9.59 Å². The number of nitrogens with one attached hydrogen (secondary N) is 2. The van der Waals surface area contributed by atoms with Crippen LogP contribution < -0.4 is 10.9 Å². The Hall–Kier alpha value is -2.98. The number of benzene rings is 1. The van der Waals surface area contributed by atoms with Crippen LogP contribution in [0.25, 0.3) is 10.9 Å². The van der Waals surface area contributed by atoms with Crippen LogP contribution in [0.3, 0.4) is 0 Å². The summed E-state index contributed by atoms with van der Waals surface area (Å²) in [6.45, 7) is 9.98. The zero-order valence-electron chi connectivity index (χ0n) is 18.1. The molecule has 0 aliphatic rings. The van der Waals surface area contributed by atoms with E-state index in [2.05, 4.69) is 15.5 Å². The van der Waals surface area contributed by atoms with Crippen molar-refractivity contribution in [1.82, 2.24) is 14.4 Å². The van der Waals surface area contributed by atoms with Crippen LogP contribution in [0.5, 0.6) is 0 Å². The van der Waals surface area contributed by atoms with Gasteiger partial charge in [-0.15, -0.1) is 0 Å². The molecule has 1 aromatic carbocycles. The van der Waals surface area contributed by atoms with Gasteiger partial charge in [-0.05, 0) is 18.2 Å². The van der Waals surface area contributed by atoms with Gasteiger partial charge in [0.15, 0.2) is 5.82 Å². The maximum absolute atomic E-state index is 12.9. The molecule has 0 aliphatic heterocycles. The monoisotopic (exact) mass is 446 g/mol. The van der Waals surface area contributed by atoms with Gasteiger partial charge in [0.1, 0.15) is 5.76 Å². The van der Waals surface area contributed by atoms with Crippen LogP contribution in [0.4, 0.5) is 5.82 Å². The summed E-state index contributed by atoms with van der Waals surface area (Å²) in [7, 11) is -3.73. The minimum absolute atomic E-state index is 0.0376. The molecule has 2 aromatic heterocycles. The second kappa shape index (κ2) is 8.27. The second-order valence-corrected chi connectivity index (χ2v) is 10.1. The number of carbonyl (C=O) groups is 1. The maximum Gasteiger partial charge on any atom is 0.257 e. The Morgan fingerprint density at radius 3 is 2.42 bits per heavy atom. The zero-order valence-corrected chi connectivity index (χ0v) is 19.0. The van der Waals surface area contributed by atoms with E-state index in [1.54, 1.807) is 19.9 Å². The van der Waals surface area contributed by atoms with Crippen molar-refractivity contribution in [3.05, 3.63) is 52.0 Å². The summed E-state index contributed by atoms with van der Waals surface area (Å²) in [6, 6.07) is 7.05. The fourth-order valence-electron chi connectivity index (χ4n) is 3.16. The van der Waals surface area contributed by atoms with E-state index < -0.39 is 21.5 Å². The van der Waals surface area contributed by atoms with E-state index in [4.69, 9.17) is 4.52 Å². The van der Waals surface area contributed by atoms with Gasteiger partial charge in [0, 0.05) is 41.5 Å². The molecule has 3 aromatic rings. The molecule has 0 saturated heterocycles. The number of H-pyrrole nitrogens is 1. The van der Waals surface area contributed by atoms with Gasteiger partial charge in [-0.1, -0.05) is 39.8 Å². The van der Waals surface area contributed by atoms with Gasteiger partial charge in [-0.25, -0.2) is 8.42 Å². The molecular formula is C21H26N4O5S. The van der Waals surface area contributed by atoms with Crippen molar-refractivity contribution in [2.75, 3.05) is 18.4 Å². The molecule has 9 nitrogen and oxygen atoms in total. The standard InChI is InChI=1S/C21H26N4O5S/c1-6-25(7-2)31(28,29)13-8-9-16-14(10-13)15(11-19(26)22-16)20(27)23-18-12-17(30-24-18)21(3,4)5/h8-12H,6-7H2,1-5H3,(H,22,26)(H,23,24,27). The first-order valence-electron chi connectivity index (χ1n) is 9.93. The number of pyridine rings is 1. The highest BCUT2D eigenvalue weighted by Crippen LogP contribution is 2.26. The van der Waals surface area contributed by atoms with E-state index in [9.17, 15) is 18.0 Å². The fourth-order valence-corrected chi connectivity index (χ4v) is 4.65. The molecule has 0 fully saturated rings. The number of hydrogen-bond donors (Lipinski definition) is 2. The lowest BCUT2D eigenvalue weighted by Gasteiger charge is -2.19. The molecule has 0 radical (unpaired) electrons. The summed E-state index contributed by atoms with van der Waals surface area (Å²) in [5, 5.41) is 6.78. The largest absolute Gasteiger partial charge is 0.359 e. The van der Waals surface area contributed by atoms with E-state index in [0.717, 1.165) is 6.07 Å². The van der Waals surface area contributed by atoms with E-state index >= 15 is 0 Å². The summed E-state index contributed by atoms with van der Waals surface area (Å²) >= 11 is 0. The highest BCUT2D eigenvalue weighted by atomic mass is 32.2. The summed E-state index contributed by atoms with van der Waals surface area (Å²) in [4.78, 5) is 27.7. The number of amides is 1. The molecule has 0 unspecified atom stereocenters. The molecule has 3 rings (SSSR count). The molecular weight excluding hydrogens is 420 g/mol. The lowest BCUT2D eigenvalue weighted by molar-refractivity contribution is 0.102. The highest BCUT2D eigenvalue weighted by molar-refractivity contribution is 7.89. The van der Waals surface area contributed by atoms with Crippen LogP contribution in [0, 0.1) is 0 Å². The minimum Gasteiger partial charge on any atom is -0.359 e. The van der Waals surface area contributed by atoms with Crippen molar-refractivity contribution in [2.45, 2.75) is 44.9 Å². The Morgan fingerprint density at radius 1 is 1.16 bits per heavy atom. The highest BCUT2D eigenvalue weighted by Gasteiger charge is 2.24. The lowest BCUT2D eigenvalue weighted by Crippen LogP contribution is -2.30. The van der Waals surface area contributed by atoms with Crippen LogP contribution >= 0.6 is 0 Å². The van der Waals surface area contributed by atoms with Crippen LogP contribution in [-0.2, 0) is 15.4 Å². The molecule has 0 spiro atoms. The lowest BCUT2D eigenvalue weighted by atomic mass is 9.93. The van der Waals surface area contributed by atoms with E-state index in [0.29, 0.717) is 29.8 Å². The Labute approximate surface area is 180 Å². The Morgan fingerprint density at radius 2 is 1.84 bits per heavy atom. The van der Waals surface area contributed by atoms with Gasteiger partial charge in [0.05, 0.1) is 10.5 Å². The minimum atomic E-state index is -3.73. The van der Waals surface area contributed by atoms with Crippen LogP contribution in [-0.4, -0.2) is 41.9 Å². The third kappa shape index (κ3) is 4.54. The normalized spacial score (nSPS) is 12.5. The van der Waals surface area contributed by atoms with Crippen LogP contribution in [0.15, 0.2) is 44.5 Å². The van der Waals surface area contributed by atoms with Gasteiger partial charge < -0.3 is 14.8 Å². The van der Waals surface area contributed by atoms with Crippen molar-refractivity contribution in [3.8, 4) is 0 Å². The second-order valence-electron chi connectivity index (χ2n) is 8.12. The van der Waals surface area contributed by atoms with Gasteiger partial charge >= 0.3 is 0 Å². The number of hydrogen-bond acceptors (Lipinski definition) is 6. The number of anilines is 1. The molecule has 2 N–H and O–H groups in total. The van der Waals surface area contributed by atoms with Gasteiger partial charge in [-0.2, -0.15) is 4.31 Å². The third-order valence-electron chi connectivity index (χ3n) is 4.89.